The number of benzene rings is 2. The van der Waals surface area contributed by atoms with Crippen molar-refractivity contribution in [1.29, 1.82) is 0 Å². The fourth-order valence-corrected chi connectivity index (χ4v) is 3.27. The van der Waals surface area contributed by atoms with Gasteiger partial charge in [0.05, 0.1) is 11.3 Å². The molecule has 0 bridgehead atoms. The van der Waals surface area contributed by atoms with Gasteiger partial charge in [0.1, 0.15) is 12.1 Å². The lowest BCUT2D eigenvalue weighted by molar-refractivity contribution is -0.137. The van der Waals surface area contributed by atoms with Crippen LogP contribution in [0.5, 0.6) is 0 Å². The van der Waals surface area contributed by atoms with Gasteiger partial charge in [-0.25, -0.2) is 4.79 Å². The lowest BCUT2D eigenvalue weighted by Crippen LogP contribution is -2.45. The molecular weight excluding hydrogens is 399 g/mol. The number of urea groups is 1. The summed E-state index contributed by atoms with van der Waals surface area (Å²) in [5.41, 5.74) is -1.66. The summed E-state index contributed by atoms with van der Waals surface area (Å²) in [5.74, 6) is -1.50. The second-order valence-electron chi connectivity index (χ2n) is 7.23. The maximum atomic E-state index is 13.1. The number of hydrogen-bond acceptors (Lipinski definition) is 3. The van der Waals surface area contributed by atoms with Crippen LogP contribution < -0.4 is 10.6 Å². The zero-order chi connectivity index (χ0) is 21.9. The first-order chi connectivity index (χ1) is 14.1. The van der Waals surface area contributed by atoms with Gasteiger partial charge in [-0.3, -0.25) is 14.5 Å². The Labute approximate surface area is 171 Å². The summed E-state index contributed by atoms with van der Waals surface area (Å²) in [7, 11) is 0. The molecule has 3 rings (SSSR count). The highest BCUT2D eigenvalue weighted by atomic mass is 19.4. The zero-order valence-electron chi connectivity index (χ0n) is 16.1. The zero-order valence-corrected chi connectivity index (χ0v) is 16.1. The van der Waals surface area contributed by atoms with E-state index < -0.39 is 47.4 Å². The molecule has 0 saturated carbocycles. The third kappa shape index (κ3) is 4.61. The number of halogens is 3. The predicted octanol–water partition coefficient (Wildman–Crippen LogP) is 3.59. The van der Waals surface area contributed by atoms with Crippen molar-refractivity contribution in [3.05, 3.63) is 65.7 Å². The van der Waals surface area contributed by atoms with Crippen molar-refractivity contribution in [2.45, 2.75) is 31.5 Å². The van der Waals surface area contributed by atoms with Crippen molar-refractivity contribution >= 4 is 23.5 Å². The smallest absolute Gasteiger partial charge is 0.324 e. The number of nitrogens with one attached hydrogen (secondary N) is 2. The van der Waals surface area contributed by atoms with E-state index in [2.05, 4.69) is 10.6 Å². The monoisotopic (exact) mass is 419 g/mol. The van der Waals surface area contributed by atoms with Gasteiger partial charge < -0.3 is 10.6 Å². The first-order valence-corrected chi connectivity index (χ1v) is 9.24. The number of carbonyl (C=O) groups is 3. The van der Waals surface area contributed by atoms with Gasteiger partial charge in [0.2, 0.25) is 5.91 Å². The van der Waals surface area contributed by atoms with Gasteiger partial charge >= 0.3 is 12.2 Å². The first-order valence-electron chi connectivity index (χ1n) is 9.24. The standard InChI is InChI=1S/C21H20F3N3O3/c1-20(12-11-14-7-3-2-4-8-14)18(29)27(19(30)26-20)13-17(28)25-16-10-6-5-9-15(16)21(22,23)24/h2-10H,11-13H2,1H3,(H,25,28)(H,26,30)/t20-/m0/s1. The van der Waals surface area contributed by atoms with Gasteiger partial charge in [-0.15, -0.1) is 0 Å². The molecule has 0 unspecified atom stereocenters. The third-order valence-electron chi connectivity index (χ3n) is 4.91. The molecule has 2 N–H and O–H groups in total. The topological polar surface area (TPSA) is 78.5 Å². The average Bonchev–Trinajstić information content (AvgIpc) is 2.90. The normalized spacial score (nSPS) is 19.0. The first kappa shape index (κ1) is 21.4. The van der Waals surface area contributed by atoms with Crippen LogP contribution in [0.15, 0.2) is 54.6 Å². The molecule has 1 aliphatic heterocycles. The minimum absolute atomic E-state index is 0.316. The van der Waals surface area contributed by atoms with Gasteiger partial charge in [-0.2, -0.15) is 13.2 Å². The van der Waals surface area contributed by atoms with E-state index in [0.717, 1.165) is 22.6 Å². The van der Waals surface area contributed by atoms with Crippen LogP contribution in [-0.2, 0) is 22.2 Å². The Morgan fingerprint density at radius 1 is 1.07 bits per heavy atom. The Bertz CT molecular complexity index is 963. The molecule has 0 radical (unpaired) electrons. The Morgan fingerprint density at radius 2 is 1.70 bits per heavy atom. The van der Waals surface area contributed by atoms with Crippen molar-refractivity contribution in [3.8, 4) is 0 Å². The molecule has 1 heterocycles. The maximum Gasteiger partial charge on any atom is 0.418 e. The molecule has 2 aromatic rings. The summed E-state index contributed by atoms with van der Waals surface area (Å²) in [6, 6.07) is 13.1. The molecule has 1 aliphatic rings. The summed E-state index contributed by atoms with van der Waals surface area (Å²) in [5, 5.41) is 4.72. The fourth-order valence-electron chi connectivity index (χ4n) is 3.27. The Balaban J connectivity index is 1.66. The summed E-state index contributed by atoms with van der Waals surface area (Å²) >= 11 is 0. The number of anilines is 1. The van der Waals surface area contributed by atoms with E-state index in [4.69, 9.17) is 0 Å². The van der Waals surface area contributed by atoms with E-state index >= 15 is 0 Å². The number of aryl methyl sites for hydroxylation is 1. The molecule has 0 aromatic heterocycles. The van der Waals surface area contributed by atoms with E-state index in [9.17, 15) is 27.6 Å². The predicted molar refractivity (Wildman–Crippen MR) is 103 cm³/mol. The van der Waals surface area contributed by atoms with Crippen molar-refractivity contribution in [2.24, 2.45) is 0 Å². The maximum absolute atomic E-state index is 13.1. The molecule has 9 heteroatoms. The average molecular weight is 419 g/mol. The van der Waals surface area contributed by atoms with Crippen LogP contribution in [0.25, 0.3) is 0 Å². The van der Waals surface area contributed by atoms with Crippen LogP contribution >= 0.6 is 0 Å². The van der Waals surface area contributed by atoms with Gasteiger partial charge in [0.15, 0.2) is 0 Å². The second kappa shape index (κ2) is 8.17. The van der Waals surface area contributed by atoms with Gasteiger partial charge in [-0.05, 0) is 37.5 Å². The van der Waals surface area contributed by atoms with Crippen LogP contribution in [0.2, 0.25) is 0 Å². The molecule has 0 spiro atoms. The van der Waals surface area contributed by atoms with E-state index in [0.29, 0.717) is 12.8 Å². The molecule has 1 fully saturated rings. The Hall–Kier alpha value is -3.36. The molecular formula is C21H20F3N3O3. The fraction of sp³-hybridized carbons (Fsp3) is 0.286. The van der Waals surface area contributed by atoms with Crippen LogP contribution in [0.4, 0.5) is 23.7 Å². The third-order valence-corrected chi connectivity index (χ3v) is 4.91. The van der Waals surface area contributed by atoms with E-state index in [1.807, 2.05) is 30.3 Å². The summed E-state index contributed by atoms with van der Waals surface area (Å²) < 4.78 is 39.2. The number of para-hydroxylation sites is 1. The largest absolute Gasteiger partial charge is 0.418 e. The Kier molecular flexibility index (Phi) is 5.82. The molecule has 2 aromatic carbocycles. The van der Waals surface area contributed by atoms with Crippen LogP contribution in [0.3, 0.4) is 0 Å². The van der Waals surface area contributed by atoms with Crippen molar-refractivity contribution in [1.82, 2.24) is 10.2 Å². The van der Waals surface area contributed by atoms with E-state index in [1.165, 1.54) is 12.1 Å². The molecule has 30 heavy (non-hydrogen) atoms. The number of alkyl halides is 3. The van der Waals surface area contributed by atoms with Gasteiger partial charge in [0.25, 0.3) is 5.91 Å². The molecule has 4 amide bonds. The number of rotatable bonds is 6. The summed E-state index contributed by atoms with van der Waals surface area (Å²) in [6.07, 6.45) is -3.81. The van der Waals surface area contributed by atoms with Crippen LogP contribution in [0, 0.1) is 0 Å². The second-order valence-corrected chi connectivity index (χ2v) is 7.23. The SMILES string of the molecule is C[C@@]1(CCc2ccccc2)NC(=O)N(CC(=O)Nc2ccccc2C(F)(F)F)C1=O. The highest BCUT2D eigenvalue weighted by Gasteiger charge is 2.48. The minimum atomic E-state index is -4.65. The van der Waals surface area contributed by atoms with Crippen LogP contribution in [-0.4, -0.2) is 34.8 Å². The molecule has 1 saturated heterocycles. The highest BCUT2D eigenvalue weighted by Crippen LogP contribution is 2.34. The van der Waals surface area contributed by atoms with Gasteiger partial charge in [0, 0.05) is 0 Å². The molecule has 6 nitrogen and oxygen atoms in total. The number of imide groups is 1. The van der Waals surface area contributed by atoms with Crippen molar-refractivity contribution in [2.75, 3.05) is 11.9 Å². The lowest BCUT2D eigenvalue weighted by atomic mass is 9.93. The minimum Gasteiger partial charge on any atom is -0.324 e. The van der Waals surface area contributed by atoms with E-state index in [-0.39, 0.29) is 0 Å². The number of amides is 4. The number of carbonyl (C=O) groups excluding carboxylic acids is 3. The summed E-state index contributed by atoms with van der Waals surface area (Å²) in [6.45, 7) is 0.880. The highest BCUT2D eigenvalue weighted by molar-refractivity contribution is 6.10. The van der Waals surface area contributed by atoms with Crippen LogP contribution in [0.1, 0.15) is 24.5 Å². The van der Waals surface area contributed by atoms with E-state index in [1.54, 1.807) is 6.92 Å². The summed E-state index contributed by atoms with van der Waals surface area (Å²) in [4.78, 5) is 38.0. The van der Waals surface area contributed by atoms with Crippen molar-refractivity contribution < 1.29 is 27.6 Å². The van der Waals surface area contributed by atoms with Gasteiger partial charge in [-0.1, -0.05) is 42.5 Å². The quantitative estimate of drug-likeness (QED) is 0.703. The Morgan fingerprint density at radius 3 is 2.37 bits per heavy atom. The lowest BCUT2D eigenvalue weighted by Gasteiger charge is -2.21. The number of hydrogen-bond donors (Lipinski definition) is 2. The molecule has 1 atom stereocenters. The molecule has 158 valence electrons. The van der Waals surface area contributed by atoms with Crippen molar-refractivity contribution in [3.63, 3.8) is 0 Å². The molecule has 0 aliphatic carbocycles. The number of nitrogens with zero attached hydrogens (tertiary/aromatic N) is 1.